The Hall–Kier alpha value is -1.02. The summed E-state index contributed by atoms with van der Waals surface area (Å²) in [5.74, 6) is 0.707. The van der Waals surface area contributed by atoms with Crippen LogP contribution in [-0.2, 0) is 0 Å². The van der Waals surface area contributed by atoms with Gasteiger partial charge in [0.25, 0.3) is 0 Å². The monoisotopic (exact) mass is 202 g/mol. The summed E-state index contributed by atoms with van der Waals surface area (Å²) in [6, 6.07) is 7.47. The first-order valence-corrected chi connectivity index (χ1v) is 5.79. The number of benzene rings is 1. The molecule has 0 aromatic heterocycles. The van der Waals surface area contributed by atoms with Crippen molar-refractivity contribution in [1.29, 1.82) is 0 Å². The number of aryl methyl sites for hydroxylation is 1. The van der Waals surface area contributed by atoms with Crippen LogP contribution < -0.4 is 5.32 Å². The maximum absolute atomic E-state index is 3.66. The molecule has 0 bridgehead atoms. The van der Waals surface area contributed by atoms with Gasteiger partial charge in [0.2, 0.25) is 0 Å². The highest BCUT2D eigenvalue weighted by atomic mass is 15.1. The summed E-state index contributed by atoms with van der Waals surface area (Å²) in [6.45, 7) is 4.61. The average Bonchev–Trinajstić information content (AvgIpc) is 2.56. The topological polar surface area (TPSA) is 15.3 Å². The summed E-state index contributed by atoms with van der Waals surface area (Å²) >= 11 is 0. The number of piperidine rings is 1. The van der Waals surface area contributed by atoms with E-state index in [9.17, 15) is 0 Å². The normalized spacial score (nSPS) is 29.5. The van der Waals surface area contributed by atoms with E-state index < -0.39 is 0 Å². The number of nitrogens with one attached hydrogen (secondary N) is 1. The van der Waals surface area contributed by atoms with Crippen molar-refractivity contribution in [3.05, 3.63) is 29.3 Å². The second-order valence-electron chi connectivity index (χ2n) is 5.00. The molecular formula is C13H18N2. The standard InChI is InChI=1S/C13H18N2/c1-9-3-4-12-10(7-9)11-8-15(2)6-5-13(11)14-12/h3-4,7,11,13-14H,5-6,8H2,1-2H3/t11-,13+/m0/s1. The lowest BCUT2D eigenvalue weighted by molar-refractivity contribution is 0.243. The predicted molar refractivity (Wildman–Crippen MR) is 63.4 cm³/mol. The summed E-state index contributed by atoms with van der Waals surface area (Å²) in [6.07, 6.45) is 1.27. The van der Waals surface area contributed by atoms with Gasteiger partial charge < -0.3 is 10.2 Å². The highest BCUT2D eigenvalue weighted by molar-refractivity contribution is 5.60. The number of rotatable bonds is 0. The summed E-state index contributed by atoms with van der Waals surface area (Å²) in [5.41, 5.74) is 4.28. The molecule has 1 saturated heterocycles. The van der Waals surface area contributed by atoms with Crippen LogP contribution in [0, 0.1) is 6.92 Å². The molecule has 1 aromatic carbocycles. The minimum atomic E-state index is 0.679. The lowest BCUT2D eigenvalue weighted by atomic mass is 9.89. The Kier molecular flexibility index (Phi) is 1.99. The van der Waals surface area contributed by atoms with Crippen LogP contribution >= 0.6 is 0 Å². The molecule has 3 rings (SSSR count). The molecular weight excluding hydrogens is 184 g/mol. The summed E-state index contributed by atoms with van der Waals surface area (Å²) in [7, 11) is 2.23. The largest absolute Gasteiger partial charge is 0.381 e. The van der Waals surface area contributed by atoms with Crippen LogP contribution in [0.25, 0.3) is 0 Å². The lowest BCUT2D eigenvalue weighted by Gasteiger charge is -2.32. The van der Waals surface area contributed by atoms with Gasteiger partial charge in [-0.25, -0.2) is 0 Å². The van der Waals surface area contributed by atoms with Crippen LogP contribution in [0.4, 0.5) is 5.69 Å². The van der Waals surface area contributed by atoms with Crippen molar-refractivity contribution in [1.82, 2.24) is 4.90 Å². The summed E-state index contributed by atoms with van der Waals surface area (Å²) < 4.78 is 0. The molecule has 2 aliphatic heterocycles. The van der Waals surface area contributed by atoms with Gasteiger partial charge in [0, 0.05) is 24.2 Å². The van der Waals surface area contributed by atoms with Gasteiger partial charge in [-0.3, -0.25) is 0 Å². The van der Waals surface area contributed by atoms with Crippen molar-refractivity contribution in [2.45, 2.75) is 25.3 Å². The van der Waals surface area contributed by atoms with E-state index in [1.54, 1.807) is 0 Å². The lowest BCUT2D eigenvalue weighted by Crippen LogP contribution is -2.39. The van der Waals surface area contributed by atoms with Crippen LogP contribution in [0.2, 0.25) is 0 Å². The Bertz CT molecular complexity index is 386. The molecule has 2 heterocycles. The molecule has 15 heavy (non-hydrogen) atoms. The zero-order chi connectivity index (χ0) is 10.4. The van der Waals surface area contributed by atoms with Crippen LogP contribution in [0.5, 0.6) is 0 Å². The summed E-state index contributed by atoms with van der Waals surface area (Å²) in [5, 5.41) is 3.66. The molecule has 0 aliphatic carbocycles. The van der Waals surface area contributed by atoms with E-state index in [0.29, 0.717) is 12.0 Å². The van der Waals surface area contributed by atoms with E-state index in [0.717, 1.165) is 0 Å². The maximum Gasteiger partial charge on any atom is 0.0379 e. The van der Waals surface area contributed by atoms with Gasteiger partial charge in [0.1, 0.15) is 0 Å². The van der Waals surface area contributed by atoms with Gasteiger partial charge in [-0.05, 0) is 38.6 Å². The average molecular weight is 202 g/mol. The van der Waals surface area contributed by atoms with Gasteiger partial charge in [-0.2, -0.15) is 0 Å². The first-order chi connectivity index (χ1) is 7.24. The third-order valence-electron chi connectivity index (χ3n) is 3.76. The van der Waals surface area contributed by atoms with Crippen molar-refractivity contribution in [2.24, 2.45) is 0 Å². The Morgan fingerprint density at radius 1 is 1.40 bits per heavy atom. The van der Waals surface area contributed by atoms with Gasteiger partial charge in [0.05, 0.1) is 0 Å². The zero-order valence-electron chi connectivity index (χ0n) is 9.46. The van der Waals surface area contributed by atoms with Crippen molar-refractivity contribution in [2.75, 3.05) is 25.5 Å². The fraction of sp³-hybridized carbons (Fsp3) is 0.538. The molecule has 0 amide bonds. The molecule has 2 aliphatic rings. The van der Waals surface area contributed by atoms with Crippen molar-refractivity contribution in [3.8, 4) is 0 Å². The predicted octanol–water partition coefficient (Wildman–Crippen LogP) is 2.21. The third kappa shape index (κ3) is 1.44. The highest BCUT2D eigenvalue weighted by Crippen LogP contribution is 2.40. The highest BCUT2D eigenvalue weighted by Gasteiger charge is 2.35. The Labute approximate surface area is 91.3 Å². The SMILES string of the molecule is Cc1ccc2c(c1)[C@@H]1CN(C)CC[C@H]1N2. The smallest absolute Gasteiger partial charge is 0.0379 e. The second kappa shape index (κ2) is 3.24. The molecule has 80 valence electrons. The number of fused-ring (bicyclic) bond motifs is 3. The molecule has 0 spiro atoms. The number of hydrogen-bond acceptors (Lipinski definition) is 2. The Balaban J connectivity index is 1.98. The van der Waals surface area contributed by atoms with Crippen LogP contribution in [0.3, 0.4) is 0 Å². The molecule has 2 nitrogen and oxygen atoms in total. The maximum atomic E-state index is 3.66. The van der Waals surface area contributed by atoms with Crippen molar-refractivity contribution in [3.63, 3.8) is 0 Å². The van der Waals surface area contributed by atoms with E-state index in [2.05, 4.69) is 42.4 Å². The number of likely N-dealkylation sites (N-methyl/N-ethyl adjacent to an activating group) is 1. The minimum Gasteiger partial charge on any atom is -0.381 e. The van der Waals surface area contributed by atoms with E-state index in [1.807, 2.05) is 0 Å². The van der Waals surface area contributed by atoms with E-state index in [1.165, 1.54) is 36.3 Å². The quantitative estimate of drug-likeness (QED) is 0.694. The number of likely N-dealkylation sites (tertiary alicyclic amines) is 1. The zero-order valence-corrected chi connectivity index (χ0v) is 9.46. The fourth-order valence-corrected chi connectivity index (χ4v) is 2.92. The van der Waals surface area contributed by atoms with Crippen LogP contribution in [-0.4, -0.2) is 31.1 Å². The van der Waals surface area contributed by atoms with Crippen molar-refractivity contribution >= 4 is 5.69 Å². The third-order valence-corrected chi connectivity index (χ3v) is 3.76. The Morgan fingerprint density at radius 2 is 2.27 bits per heavy atom. The minimum absolute atomic E-state index is 0.679. The molecule has 0 unspecified atom stereocenters. The van der Waals surface area contributed by atoms with Gasteiger partial charge in [0.15, 0.2) is 0 Å². The van der Waals surface area contributed by atoms with Crippen LogP contribution in [0.1, 0.15) is 23.5 Å². The van der Waals surface area contributed by atoms with Crippen molar-refractivity contribution < 1.29 is 0 Å². The first kappa shape index (κ1) is 9.22. The Morgan fingerprint density at radius 3 is 3.13 bits per heavy atom. The molecule has 2 heteroatoms. The van der Waals surface area contributed by atoms with E-state index in [4.69, 9.17) is 0 Å². The number of nitrogens with zero attached hydrogens (tertiary/aromatic N) is 1. The van der Waals surface area contributed by atoms with Gasteiger partial charge in [-0.1, -0.05) is 17.7 Å². The molecule has 0 radical (unpaired) electrons. The van der Waals surface area contributed by atoms with Gasteiger partial charge in [-0.15, -0.1) is 0 Å². The molecule has 0 saturated carbocycles. The molecule has 1 aromatic rings. The number of anilines is 1. The molecule has 2 atom stereocenters. The molecule has 1 fully saturated rings. The fourth-order valence-electron chi connectivity index (χ4n) is 2.92. The first-order valence-electron chi connectivity index (χ1n) is 5.79. The van der Waals surface area contributed by atoms with E-state index in [-0.39, 0.29) is 0 Å². The van der Waals surface area contributed by atoms with E-state index >= 15 is 0 Å². The summed E-state index contributed by atoms with van der Waals surface area (Å²) in [4.78, 5) is 2.44. The second-order valence-corrected chi connectivity index (χ2v) is 5.00. The number of hydrogen-bond donors (Lipinski definition) is 1. The molecule has 1 N–H and O–H groups in total. The van der Waals surface area contributed by atoms with Gasteiger partial charge >= 0.3 is 0 Å². The van der Waals surface area contributed by atoms with Crippen LogP contribution in [0.15, 0.2) is 18.2 Å².